The monoisotopic (exact) mass is 280 g/mol. The average molecular weight is 280 g/mol. The molecule has 0 aromatic heterocycles. The molecule has 114 valence electrons. The molecule has 0 fully saturated rings. The molecular weight excluding hydrogens is 252 g/mol. The number of carbonyl (C=O) groups is 2. The maximum atomic E-state index is 11.8. The molecule has 0 aromatic rings. The van der Waals surface area contributed by atoms with E-state index in [-0.39, 0.29) is 18.4 Å². The summed E-state index contributed by atoms with van der Waals surface area (Å²) in [5, 5.41) is 2.86. The lowest BCUT2D eigenvalue weighted by Crippen LogP contribution is -2.41. The van der Waals surface area contributed by atoms with E-state index < -0.39 is 0 Å². The predicted octanol–water partition coefficient (Wildman–Crippen LogP) is 2.50. The lowest BCUT2D eigenvalue weighted by Gasteiger charge is -2.22. The van der Waals surface area contributed by atoms with Crippen LogP contribution in [0.15, 0.2) is 11.6 Å². The second kappa shape index (κ2) is 8.77. The molecule has 0 unspecified atom stereocenters. The van der Waals surface area contributed by atoms with Crippen molar-refractivity contribution in [1.82, 2.24) is 10.2 Å². The number of hydrogen-bond acceptors (Lipinski definition) is 2. The Morgan fingerprint density at radius 3 is 2.65 bits per heavy atom. The Balaban J connectivity index is 2.37. The molecule has 4 nitrogen and oxygen atoms in total. The van der Waals surface area contributed by atoms with E-state index in [9.17, 15) is 9.59 Å². The van der Waals surface area contributed by atoms with Crippen molar-refractivity contribution in [3.05, 3.63) is 11.6 Å². The van der Waals surface area contributed by atoms with Crippen molar-refractivity contribution in [2.75, 3.05) is 19.6 Å². The molecule has 20 heavy (non-hydrogen) atoms. The number of nitrogens with zero attached hydrogens (tertiary/aromatic N) is 1. The molecule has 2 amide bonds. The van der Waals surface area contributed by atoms with Gasteiger partial charge in [0.1, 0.15) is 0 Å². The zero-order valence-electron chi connectivity index (χ0n) is 13.1. The highest BCUT2D eigenvalue weighted by Crippen LogP contribution is 2.20. The van der Waals surface area contributed by atoms with Gasteiger partial charge in [0.15, 0.2) is 0 Å². The van der Waals surface area contributed by atoms with Gasteiger partial charge in [-0.25, -0.2) is 0 Å². The van der Waals surface area contributed by atoms with Crippen LogP contribution in [0.3, 0.4) is 0 Å². The van der Waals surface area contributed by atoms with Crippen LogP contribution < -0.4 is 5.32 Å². The zero-order chi connectivity index (χ0) is 15.0. The van der Waals surface area contributed by atoms with Gasteiger partial charge in [0.05, 0.1) is 6.54 Å². The topological polar surface area (TPSA) is 49.4 Å². The summed E-state index contributed by atoms with van der Waals surface area (Å²) in [6.45, 7) is 7.13. The maximum absolute atomic E-state index is 11.8. The minimum atomic E-state index is -0.0634. The van der Waals surface area contributed by atoms with E-state index in [1.54, 1.807) is 4.90 Å². The highest BCUT2D eigenvalue weighted by Gasteiger charge is 2.14. The third-order valence-corrected chi connectivity index (χ3v) is 3.58. The molecular formula is C16H28N2O2. The van der Waals surface area contributed by atoms with Gasteiger partial charge in [-0.2, -0.15) is 0 Å². The third-order valence-electron chi connectivity index (χ3n) is 3.58. The summed E-state index contributed by atoms with van der Waals surface area (Å²) in [7, 11) is 0. The quantitative estimate of drug-likeness (QED) is 0.728. The van der Waals surface area contributed by atoms with E-state index in [1.165, 1.54) is 25.3 Å². The molecule has 0 saturated carbocycles. The highest BCUT2D eigenvalue weighted by atomic mass is 16.2. The van der Waals surface area contributed by atoms with Crippen LogP contribution in [0.4, 0.5) is 0 Å². The summed E-state index contributed by atoms with van der Waals surface area (Å²) in [5.41, 5.74) is 1.44. The van der Waals surface area contributed by atoms with E-state index in [0.717, 1.165) is 19.3 Å². The Morgan fingerprint density at radius 1 is 1.35 bits per heavy atom. The first kappa shape index (κ1) is 16.7. The normalized spacial score (nSPS) is 14.9. The van der Waals surface area contributed by atoms with E-state index in [4.69, 9.17) is 0 Å². The second-order valence-corrected chi connectivity index (χ2v) is 6.00. The number of amides is 2. The minimum absolute atomic E-state index is 0.0268. The standard InChI is InChI=1S/C16H28N2O2/c1-13(2)11-17-16(20)12-18(14(3)19)10-9-15-7-5-4-6-8-15/h7,13H,4-6,8-12H2,1-3H3,(H,17,20). The highest BCUT2D eigenvalue weighted by molar-refractivity contribution is 5.83. The fourth-order valence-electron chi connectivity index (χ4n) is 2.31. The van der Waals surface area contributed by atoms with Crippen molar-refractivity contribution >= 4 is 11.8 Å². The van der Waals surface area contributed by atoms with Crippen LogP contribution >= 0.6 is 0 Å². The minimum Gasteiger partial charge on any atom is -0.354 e. The van der Waals surface area contributed by atoms with E-state index in [0.29, 0.717) is 19.0 Å². The maximum Gasteiger partial charge on any atom is 0.239 e. The Bertz CT molecular complexity index is 361. The molecule has 0 heterocycles. The average Bonchev–Trinajstić information content (AvgIpc) is 2.42. The van der Waals surface area contributed by atoms with Gasteiger partial charge in [-0.3, -0.25) is 9.59 Å². The molecule has 0 aliphatic heterocycles. The van der Waals surface area contributed by atoms with Gasteiger partial charge in [0, 0.05) is 20.0 Å². The lowest BCUT2D eigenvalue weighted by atomic mass is 9.97. The molecule has 0 radical (unpaired) electrons. The fourth-order valence-corrected chi connectivity index (χ4v) is 2.31. The molecule has 0 aromatic carbocycles. The predicted molar refractivity (Wildman–Crippen MR) is 81.3 cm³/mol. The smallest absolute Gasteiger partial charge is 0.239 e. The number of hydrogen-bond donors (Lipinski definition) is 1. The summed E-state index contributed by atoms with van der Waals surface area (Å²) in [4.78, 5) is 25.1. The van der Waals surface area contributed by atoms with E-state index >= 15 is 0 Å². The summed E-state index contributed by atoms with van der Waals surface area (Å²) in [5.74, 6) is 0.338. The number of nitrogens with one attached hydrogen (secondary N) is 1. The van der Waals surface area contributed by atoms with Crippen LogP contribution in [-0.4, -0.2) is 36.3 Å². The van der Waals surface area contributed by atoms with E-state index in [2.05, 4.69) is 25.2 Å². The Labute approximate surface area is 122 Å². The Morgan fingerprint density at radius 2 is 2.10 bits per heavy atom. The van der Waals surface area contributed by atoms with Gasteiger partial charge >= 0.3 is 0 Å². The molecule has 1 aliphatic carbocycles. The van der Waals surface area contributed by atoms with Crippen molar-refractivity contribution in [2.24, 2.45) is 5.92 Å². The molecule has 0 saturated heterocycles. The van der Waals surface area contributed by atoms with Crippen LogP contribution in [-0.2, 0) is 9.59 Å². The van der Waals surface area contributed by atoms with Crippen molar-refractivity contribution < 1.29 is 9.59 Å². The van der Waals surface area contributed by atoms with Gasteiger partial charge in [-0.1, -0.05) is 25.5 Å². The van der Waals surface area contributed by atoms with E-state index in [1.807, 2.05) is 0 Å². The first-order valence-electron chi connectivity index (χ1n) is 7.69. The van der Waals surface area contributed by atoms with Gasteiger partial charge in [0.25, 0.3) is 0 Å². The van der Waals surface area contributed by atoms with Gasteiger partial charge in [-0.05, 0) is 38.0 Å². The number of carbonyl (C=O) groups excluding carboxylic acids is 2. The Kier molecular flexibility index (Phi) is 7.34. The molecule has 0 bridgehead atoms. The summed E-state index contributed by atoms with van der Waals surface area (Å²) in [6, 6.07) is 0. The molecule has 1 aliphatic rings. The zero-order valence-corrected chi connectivity index (χ0v) is 13.1. The first-order valence-corrected chi connectivity index (χ1v) is 7.69. The number of rotatable bonds is 7. The molecule has 4 heteroatoms. The van der Waals surface area contributed by atoms with Crippen LogP contribution in [0.1, 0.15) is 52.9 Å². The second-order valence-electron chi connectivity index (χ2n) is 6.00. The summed E-state index contributed by atoms with van der Waals surface area (Å²) < 4.78 is 0. The SMILES string of the molecule is CC(=O)N(CCC1=CCCCC1)CC(=O)NCC(C)C. The number of allylic oxidation sites excluding steroid dienone is 1. The lowest BCUT2D eigenvalue weighted by molar-refractivity contribution is -0.134. The molecule has 0 spiro atoms. The van der Waals surface area contributed by atoms with Crippen molar-refractivity contribution in [1.29, 1.82) is 0 Å². The molecule has 1 N–H and O–H groups in total. The first-order chi connectivity index (χ1) is 9.49. The van der Waals surface area contributed by atoms with Crippen molar-refractivity contribution in [3.8, 4) is 0 Å². The van der Waals surface area contributed by atoms with Crippen LogP contribution in [0, 0.1) is 5.92 Å². The van der Waals surface area contributed by atoms with Crippen LogP contribution in [0.25, 0.3) is 0 Å². The van der Waals surface area contributed by atoms with Crippen LogP contribution in [0.2, 0.25) is 0 Å². The summed E-state index contributed by atoms with van der Waals surface area (Å²) >= 11 is 0. The van der Waals surface area contributed by atoms with Crippen molar-refractivity contribution in [3.63, 3.8) is 0 Å². The van der Waals surface area contributed by atoms with Gasteiger partial charge in [-0.15, -0.1) is 0 Å². The fraction of sp³-hybridized carbons (Fsp3) is 0.750. The third kappa shape index (κ3) is 6.73. The van der Waals surface area contributed by atoms with Gasteiger partial charge < -0.3 is 10.2 Å². The Hall–Kier alpha value is -1.32. The summed E-state index contributed by atoms with van der Waals surface area (Å²) in [6.07, 6.45) is 8.02. The largest absolute Gasteiger partial charge is 0.354 e. The van der Waals surface area contributed by atoms with Gasteiger partial charge in [0.2, 0.25) is 11.8 Å². The molecule has 0 atom stereocenters. The van der Waals surface area contributed by atoms with Crippen LogP contribution in [0.5, 0.6) is 0 Å². The molecule has 1 rings (SSSR count). The van der Waals surface area contributed by atoms with Crippen molar-refractivity contribution in [2.45, 2.75) is 52.9 Å².